The summed E-state index contributed by atoms with van der Waals surface area (Å²) in [7, 11) is 0. The van der Waals surface area contributed by atoms with E-state index in [4.69, 9.17) is 15.7 Å². The summed E-state index contributed by atoms with van der Waals surface area (Å²) in [5.41, 5.74) is 25.3. The van der Waals surface area contributed by atoms with Crippen molar-refractivity contribution in [2.75, 3.05) is 0 Å². The minimum Gasteiger partial charge on any atom is -0.383 e. The number of fused-ring (bicyclic) bond motifs is 4. The molecule has 0 saturated heterocycles. The summed E-state index contributed by atoms with van der Waals surface area (Å²) < 4.78 is 2.40. The molecule has 2 heterocycles. The van der Waals surface area contributed by atoms with Crippen LogP contribution in [0.1, 0.15) is 45.8 Å². The van der Waals surface area contributed by atoms with E-state index in [0.29, 0.717) is 17.4 Å². The van der Waals surface area contributed by atoms with Gasteiger partial charge in [0.05, 0.1) is 11.2 Å². The predicted molar refractivity (Wildman–Crippen MR) is 289 cm³/mol. The fraction of sp³-hybridized carbons (Fsp3) is 0.0469. The monoisotopic (exact) mass is 887 g/mol. The van der Waals surface area contributed by atoms with E-state index >= 15 is 0 Å². The second-order valence-electron chi connectivity index (χ2n) is 17.5. The van der Waals surface area contributed by atoms with Gasteiger partial charge in [0.1, 0.15) is 11.7 Å². The molecule has 2 N–H and O–H groups in total. The second kappa shape index (κ2) is 19.1. The molecular formula is C64H49N5. The van der Waals surface area contributed by atoms with Crippen molar-refractivity contribution >= 4 is 40.4 Å². The maximum atomic E-state index is 6.78. The zero-order chi connectivity index (χ0) is 46.5. The van der Waals surface area contributed by atoms with E-state index in [1.54, 1.807) is 0 Å². The van der Waals surface area contributed by atoms with Gasteiger partial charge in [-0.3, -0.25) is 4.98 Å². The molecule has 0 radical (unpaired) electrons. The number of rotatable bonds is 10. The van der Waals surface area contributed by atoms with Crippen LogP contribution in [0.4, 0.5) is 0 Å². The van der Waals surface area contributed by atoms with Crippen LogP contribution in [0.25, 0.3) is 78.9 Å². The first-order chi connectivity index (χ1) is 34.0. The predicted octanol–water partition coefficient (Wildman–Crippen LogP) is 15.4. The van der Waals surface area contributed by atoms with Gasteiger partial charge in [-0.15, -0.1) is 0 Å². The van der Waals surface area contributed by atoms with Crippen molar-refractivity contribution in [1.29, 1.82) is 0 Å². The van der Waals surface area contributed by atoms with Gasteiger partial charge in [0.25, 0.3) is 0 Å². The Hall–Kier alpha value is -8.93. The van der Waals surface area contributed by atoms with E-state index in [1.807, 2.05) is 79.1 Å². The summed E-state index contributed by atoms with van der Waals surface area (Å²) in [6, 6.07) is 77.1. The zero-order valence-corrected chi connectivity index (χ0v) is 38.2. The van der Waals surface area contributed by atoms with Gasteiger partial charge in [-0.05, 0) is 128 Å². The molecule has 0 saturated carbocycles. The Morgan fingerprint density at radius 1 is 0.551 bits per heavy atom. The lowest BCUT2D eigenvalue weighted by atomic mass is 9.89. The first kappa shape index (κ1) is 42.7. The van der Waals surface area contributed by atoms with Crippen LogP contribution in [-0.4, -0.2) is 21.2 Å². The van der Waals surface area contributed by atoms with Crippen LogP contribution in [-0.2, 0) is 6.42 Å². The van der Waals surface area contributed by atoms with Crippen molar-refractivity contribution in [2.24, 2.45) is 15.7 Å². The van der Waals surface area contributed by atoms with Crippen molar-refractivity contribution in [3.8, 4) is 50.2 Å². The molecule has 0 spiro atoms. The molecule has 330 valence electrons. The molecule has 1 atom stereocenters. The van der Waals surface area contributed by atoms with E-state index in [0.717, 1.165) is 74.1 Å². The minimum atomic E-state index is -0.134. The van der Waals surface area contributed by atoms with E-state index in [1.165, 1.54) is 33.4 Å². The Labute approximate surface area is 403 Å². The second-order valence-corrected chi connectivity index (χ2v) is 17.5. The molecule has 69 heavy (non-hydrogen) atoms. The standard InChI is InChI=1S/C64H49N5/c1-44(46-18-6-2-7-19-46)67-64(68-63(65)50-24-12-5-13-25-50)60-35-33-49-29-30-51(41-61(49)59-27-15-14-26-58(59)60)52-31-32-53-38-56(34-28-45-17-16-36-66-43-45)69(62(53)42-52)57-39-54(47-20-8-3-9-21-47)37-55(40-57)48-22-10-4-11-23-48/h2-32,34,36-43,60H,1,33,35H2,(H2,65,67,68)/b34-28-. The maximum Gasteiger partial charge on any atom is 0.138 e. The average Bonchev–Trinajstić information content (AvgIpc) is 3.70. The van der Waals surface area contributed by atoms with Gasteiger partial charge in [0.15, 0.2) is 0 Å². The van der Waals surface area contributed by atoms with Gasteiger partial charge in [0, 0.05) is 40.6 Å². The highest BCUT2D eigenvalue weighted by Gasteiger charge is 2.27. The van der Waals surface area contributed by atoms with Gasteiger partial charge >= 0.3 is 0 Å². The van der Waals surface area contributed by atoms with Crippen molar-refractivity contribution < 1.29 is 0 Å². The van der Waals surface area contributed by atoms with Crippen LogP contribution in [0.5, 0.6) is 0 Å². The SMILES string of the molecule is C=C(N=C(N=C(N)c1ccccc1)C1CCc2ccc(-c3ccc4cc(/C=C\c5cccnc5)n(-c5cc(-c6ccccc6)cc(-c6ccccc6)c5)c4c3)cc2-c2ccccc21)c1ccccc1. The van der Waals surface area contributed by atoms with E-state index < -0.39 is 0 Å². The molecule has 1 aliphatic carbocycles. The fourth-order valence-corrected chi connectivity index (χ4v) is 9.61. The molecule has 8 aromatic carbocycles. The third-order valence-electron chi connectivity index (χ3n) is 13.1. The van der Waals surface area contributed by atoms with Gasteiger partial charge < -0.3 is 10.3 Å². The van der Waals surface area contributed by atoms with Gasteiger partial charge in [0.2, 0.25) is 0 Å². The minimum absolute atomic E-state index is 0.134. The number of pyridine rings is 1. The highest BCUT2D eigenvalue weighted by atomic mass is 15.0. The Morgan fingerprint density at radius 3 is 1.88 bits per heavy atom. The van der Waals surface area contributed by atoms with E-state index in [2.05, 4.69) is 180 Å². The molecule has 0 bridgehead atoms. The number of aryl methyl sites for hydroxylation is 1. The fourth-order valence-electron chi connectivity index (χ4n) is 9.61. The van der Waals surface area contributed by atoms with Crippen LogP contribution < -0.4 is 5.73 Å². The number of hydrogen-bond donors (Lipinski definition) is 1. The Bertz CT molecular complexity index is 3500. The number of amidine groups is 2. The third kappa shape index (κ3) is 9.02. The lowest BCUT2D eigenvalue weighted by molar-refractivity contribution is 0.772. The first-order valence-electron chi connectivity index (χ1n) is 23.5. The summed E-state index contributed by atoms with van der Waals surface area (Å²) in [6.07, 6.45) is 9.69. The van der Waals surface area contributed by atoms with Crippen molar-refractivity contribution in [1.82, 2.24) is 9.55 Å². The molecule has 0 fully saturated rings. The topological polar surface area (TPSA) is 68.6 Å². The number of hydrogen-bond acceptors (Lipinski definition) is 2. The molecule has 5 nitrogen and oxygen atoms in total. The maximum absolute atomic E-state index is 6.78. The van der Waals surface area contributed by atoms with Gasteiger partial charge in [-0.2, -0.15) is 0 Å². The Kier molecular flexibility index (Phi) is 11.8. The molecular weight excluding hydrogens is 839 g/mol. The van der Waals surface area contributed by atoms with Gasteiger partial charge in [-0.1, -0.05) is 189 Å². The molecule has 10 aromatic rings. The van der Waals surface area contributed by atoms with Crippen LogP contribution in [0.3, 0.4) is 0 Å². The van der Waals surface area contributed by atoms with E-state index in [-0.39, 0.29) is 5.92 Å². The van der Waals surface area contributed by atoms with E-state index in [9.17, 15) is 0 Å². The van der Waals surface area contributed by atoms with Crippen LogP contribution in [0.2, 0.25) is 0 Å². The highest BCUT2D eigenvalue weighted by molar-refractivity contribution is 6.08. The molecule has 0 amide bonds. The molecule has 1 unspecified atom stereocenters. The molecule has 0 aliphatic heterocycles. The van der Waals surface area contributed by atoms with Crippen LogP contribution in [0, 0.1) is 0 Å². The van der Waals surface area contributed by atoms with Crippen molar-refractivity contribution in [3.05, 3.63) is 271 Å². The number of nitrogens with two attached hydrogens (primary N) is 1. The summed E-state index contributed by atoms with van der Waals surface area (Å²) in [4.78, 5) is 14.7. The zero-order valence-electron chi connectivity index (χ0n) is 38.2. The quantitative estimate of drug-likeness (QED) is 0.110. The normalized spacial score (nSPS) is 13.8. The number of nitrogens with zero attached hydrogens (tertiary/aromatic N) is 4. The molecule has 2 aromatic heterocycles. The Morgan fingerprint density at radius 2 is 1.19 bits per heavy atom. The third-order valence-corrected chi connectivity index (χ3v) is 13.1. The smallest absolute Gasteiger partial charge is 0.138 e. The summed E-state index contributed by atoms with van der Waals surface area (Å²) in [5.74, 6) is 0.942. The summed E-state index contributed by atoms with van der Waals surface area (Å²) in [5, 5.41) is 1.15. The largest absolute Gasteiger partial charge is 0.383 e. The van der Waals surface area contributed by atoms with Crippen molar-refractivity contribution in [3.63, 3.8) is 0 Å². The lowest BCUT2D eigenvalue weighted by Crippen LogP contribution is -2.20. The molecule has 11 rings (SSSR count). The van der Waals surface area contributed by atoms with Crippen LogP contribution in [0.15, 0.2) is 247 Å². The van der Waals surface area contributed by atoms with Crippen LogP contribution >= 0.6 is 0 Å². The summed E-state index contributed by atoms with van der Waals surface area (Å²) >= 11 is 0. The summed E-state index contributed by atoms with van der Waals surface area (Å²) in [6.45, 7) is 4.41. The number of aromatic nitrogens is 2. The molecule has 1 aliphatic rings. The van der Waals surface area contributed by atoms with Gasteiger partial charge in [-0.25, -0.2) is 9.98 Å². The number of aliphatic imine (C=N–C) groups is 2. The highest BCUT2D eigenvalue weighted by Crippen LogP contribution is 2.42. The Balaban J connectivity index is 1.04. The molecule has 5 heteroatoms. The average molecular weight is 888 g/mol. The lowest BCUT2D eigenvalue weighted by Gasteiger charge is -2.19. The van der Waals surface area contributed by atoms with Crippen molar-refractivity contribution in [2.45, 2.75) is 18.8 Å². The first-order valence-corrected chi connectivity index (χ1v) is 23.5. The number of benzene rings is 8.